The van der Waals surface area contributed by atoms with E-state index in [1.165, 1.54) is 0 Å². The van der Waals surface area contributed by atoms with Crippen molar-refractivity contribution >= 4 is 5.91 Å². The van der Waals surface area contributed by atoms with E-state index in [1.54, 1.807) is 17.0 Å². The van der Waals surface area contributed by atoms with Crippen molar-refractivity contribution in [1.82, 2.24) is 4.90 Å². The maximum atomic E-state index is 13.0. The summed E-state index contributed by atoms with van der Waals surface area (Å²) in [5.74, 6) is -0.288. The molecule has 0 saturated carbocycles. The Labute approximate surface area is 148 Å². The standard InChI is InChI=1S/C21H23NO3/c1-4-7-16-19(23)17(13(2)3)10-18(20(16)24)21(25)22-11-14-8-5-6-9-15(14)12-22/h4-6,8-10,13,23-24H,1,7,11-12H2,2-3H3. The predicted octanol–water partition coefficient (Wildman–Crippen LogP) is 4.11. The van der Waals surface area contributed by atoms with Crippen molar-refractivity contribution in [3.63, 3.8) is 0 Å². The van der Waals surface area contributed by atoms with E-state index >= 15 is 0 Å². The number of amides is 1. The molecule has 0 unspecified atom stereocenters. The van der Waals surface area contributed by atoms with Crippen molar-refractivity contribution in [3.05, 3.63) is 70.8 Å². The second-order valence-electron chi connectivity index (χ2n) is 6.77. The van der Waals surface area contributed by atoms with Gasteiger partial charge in [-0.15, -0.1) is 6.58 Å². The summed E-state index contributed by atoms with van der Waals surface area (Å²) in [6.45, 7) is 8.63. The third-order valence-electron chi connectivity index (χ3n) is 4.73. The van der Waals surface area contributed by atoms with Gasteiger partial charge in [0.1, 0.15) is 11.5 Å². The van der Waals surface area contributed by atoms with Crippen LogP contribution in [-0.4, -0.2) is 21.0 Å². The predicted molar refractivity (Wildman–Crippen MR) is 97.8 cm³/mol. The monoisotopic (exact) mass is 337 g/mol. The molecular weight excluding hydrogens is 314 g/mol. The molecule has 2 N–H and O–H groups in total. The Kier molecular flexibility index (Phi) is 4.53. The molecule has 4 heteroatoms. The highest BCUT2D eigenvalue weighted by Crippen LogP contribution is 2.39. The minimum absolute atomic E-state index is 0.0338. The van der Waals surface area contributed by atoms with Crippen LogP contribution in [0.15, 0.2) is 43.0 Å². The highest BCUT2D eigenvalue weighted by atomic mass is 16.3. The van der Waals surface area contributed by atoms with Gasteiger partial charge in [-0.2, -0.15) is 0 Å². The van der Waals surface area contributed by atoms with Crippen molar-refractivity contribution in [3.8, 4) is 11.5 Å². The number of hydrogen-bond donors (Lipinski definition) is 2. The van der Waals surface area contributed by atoms with Crippen molar-refractivity contribution < 1.29 is 15.0 Å². The Balaban J connectivity index is 2.02. The number of hydrogen-bond acceptors (Lipinski definition) is 3. The summed E-state index contributed by atoms with van der Waals surface area (Å²) >= 11 is 0. The van der Waals surface area contributed by atoms with Gasteiger partial charge in [-0.3, -0.25) is 4.79 Å². The molecule has 25 heavy (non-hydrogen) atoms. The first-order valence-corrected chi connectivity index (χ1v) is 8.48. The second kappa shape index (κ2) is 6.63. The van der Waals surface area contributed by atoms with Gasteiger partial charge in [0, 0.05) is 18.7 Å². The number of phenols is 2. The lowest BCUT2D eigenvalue weighted by molar-refractivity contribution is 0.0748. The van der Waals surface area contributed by atoms with Gasteiger partial charge in [-0.05, 0) is 35.1 Å². The van der Waals surface area contributed by atoms with Crippen LogP contribution >= 0.6 is 0 Å². The van der Waals surface area contributed by atoms with Crippen LogP contribution in [-0.2, 0) is 19.5 Å². The summed E-state index contributed by atoms with van der Waals surface area (Å²) in [5.41, 5.74) is 3.52. The number of carbonyl (C=O) groups is 1. The maximum Gasteiger partial charge on any atom is 0.258 e. The highest BCUT2D eigenvalue weighted by Gasteiger charge is 2.28. The number of aromatic hydroxyl groups is 2. The Morgan fingerprint density at radius 1 is 1.20 bits per heavy atom. The van der Waals surface area contributed by atoms with Crippen LogP contribution in [0.4, 0.5) is 0 Å². The number of allylic oxidation sites excluding steroid dienone is 1. The van der Waals surface area contributed by atoms with Gasteiger partial charge in [0.05, 0.1) is 5.56 Å². The first-order valence-electron chi connectivity index (χ1n) is 8.48. The Morgan fingerprint density at radius 3 is 2.32 bits per heavy atom. The fourth-order valence-corrected chi connectivity index (χ4v) is 3.33. The minimum atomic E-state index is -0.221. The lowest BCUT2D eigenvalue weighted by atomic mass is 9.93. The van der Waals surface area contributed by atoms with Crippen molar-refractivity contribution in [2.24, 2.45) is 0 Å². The van der Waals surface area contributed by atoms with Gasteiger partial charge in [0.2, 0.25) is 0 Å². The number of benzene rings is 2. The molecule has 130 valence electrons. The summed E-state index contributed by atoms with van der Waals surface area (Å²) in [6, 6.07) is 9.57. The number of carbonyl (C=O) groups excluding carboxylic acids is 1. The zero-order valence-electron chi connectivity index (χ0n) is 14.6. The summed E-state index contributed by atoms with van der Waals surface area (Å²) in [7, 11) is 0. The molecule has 0 bridgehead atoms. The van der Waals surface area contributed by atoms with Crippen molar-refractivity contribution in [2.75, 3.05) is 0 Å². The highest BCUT2D eigenvalue weighted by molar-refractivity contribution is 5.98. The van der Waals surface area contributed by atoms with E-state index in [0.29, 0.717) is 30.6 Å². The fraction of sp³-hybridized carbons (Fsp3) is 0.286. The fourth-order valence-electron chi connectivity index (χ4n) is 3.33. The van der Waals surface area contributed by atoms with Crippen molar-refractivity contribution in [2.45, 2.75) is 39.3 Å². The molecule has 2 aromatic rings. The molecule has 4 nitrogen and oxygen atoms in total. The third-order valence-corrected chi connectivity index (χ3v) is 4.73. The number of nitrogens with zero attached hydrogens (tertiary/aromatic N) is 1. The average molecular weight is 337 g/mol. The van der Waals surface area contributed by atoms with Crippen LogP contribution in [0.1, 0.15) is 52.4 Å². The molecule has 1 aliphatic heterocycles. The smallest absolute Gasteiger partial charge is 0.258 e. The van der Waals surface area contributed by atoms with Crippen LogP contribution in [0.2, 0.25) is 0 Å². The largest absolute Gasteiger partial charge is 0.507 e. The normalized spacial score (nSPS) is 13.2. The molecule has 1 heterocycles. The van der Waals surface area contributed by atoms with Crippen LogP contribution in [0.25, 0.3) is 0 Å². The summed E-state index contributed by atoms with van der Waals surface area (Å²) in [4.78, 5) is 14.8. The van der Waals surface area contributed by atoms with Crippen LogP contribution < -0.4 is 0 Å². The molecule has 0 spiro atoms. The molecule has 3 rings (SSSR count). The third kappa shape index (κ3) is 3.00. The number of fused-ring (bicyclic) bond motifs is 1. The number of rotatable bonds is 4. The van der Waals surface area contributed by atoms with Crippen LogP contribution in [0.5, 0.6) is 11.5 Å². The zero-order valence-corrected chi connectivity index (χ0v) is 14.6. The molecule has 1 amide bonds. The van der Waals surface area contributed by atoms with Gasteiger partial charge < -0.3 is 15.1 Å². The quantitative estimate of drug-likeness (QED) is 0.826. The average Bonchev–Trinajstić information content (AvgIpc) is 3.02. The van der Waals surface area contributed by atoms with Gasteiger partial charge in [-0.25, -0.2) is 0 Å². The van der Waals surface area contributed by atoms with E-state index in [9.17, 15) is 15.0 Å². The lowest BCUT2D eigenvalue weighted by Crippen LogP contribution is -2.25. The molecule has 1 aliphatic rings. The van der Waals surface area contributed by atoms with Gasteiger partial charge in [0.25, 0.3) is 5.91 Å². The van der Waals surface area contributed by atoms with E-state index in [2.05, 4.69) is 6.58 Å². The Bertz CT molecular complexity index is 814. The van der Waals surface area contributed by atoms with Crippen LogP contribution in [0, 0.1) is 0 Å². The minimum Gasteiger partial charge on any atom is -0.507 e. The molecule has 2 aromatic carbocycles. The first-order chi connectivity index (χ1) is 11.9. The second-order valence-corrected chi connectivity index (χ2v) is 6.77. The van der Waals surface area contributed by atoms with Crippen molar-refractivity contribution in [1.29, 1.82) is 0 Å². The summed E-state index contributed by atoms with van der Waals surface area (Å²) in [6.07, 6.45) is 1.91. The SMILES string of the molecule is C=CCc1c(O)c(C(=O)N2Cc3ccccc3C2)cc(C(C)C)c1O. The zero-order chi connectivity index (χ0) is 18.1. The summed E-state index contributed by atoms with van der Waals surface area (Å²) < 4.78 is 0. The molecule has 0 atom stereocenters. The van der Waals surface area contributed by atoms with E-state index < -0.39 is 0 Å². The van der Waals surface area contributed by atoms with Gasteiger partial charge in [0.15, 0.2) is 0 Å². The van der Waals surface area contributed by atoms with Gasteiger partial charge >= 0.3 is 0 Å². The maximum absolute atomic E-state index is 13.0. The Morgan fingerprint density at radius 2 is 1.80 bits per heavy atom. The molecular formula is C21H23NO3. The lowest BCUT2D eigenvalue weighted by Gasteiger charge is -2.20. The molecule has 0 saturated heterocycles. The van der Waals surface area contributed by atoms with Gasteiger partial charge in [-0.1, -0.05) is 44.2 Å². The van der Waals surface area contributed by atoms with E-state index in [-0.39, 0.29) is 28.9 Å². The van der Waals surface area contributed by atoms with E-state index in [0.717, 1.165) is 11.1 Å². The molecule has 0 aromatic heterocycles. The first kappa shape index (κ1) is 17.1. The van der Waals surface area contributed by atoms with E-state index in [1.807, 2.05) is 38.1 Å². The molecule has 0 fully saturated rings. The topological polar surface area (TPSA) is 60.8 Å². The van der Waals surface area contributed by atoms with Crippen LogP contribution in [0.3, 0.4) is 0 Å². The summed E-state index contributed by atoms with van der Waals surface area (Å²) in [5, 5.41) is 21.1. The molecule has 0 radical (unpaired) electrons. The Hall–Kier alpha value is -2.75. The molecule has 0 aliphatic carbocycles. The number of phenolic OH excluding ortho intramolecular Hbond substituents is 2. The van der Waals surface area contributed by atoms with E-state index in [4.69, 9.17) is 0 Å².